The fourth-order valence-electron chi connectivity index (χ4n) is 2.51. The van der Waals surface area contributed by atoms with Gasteiger partial charge in [0.15, 0.2) is 0 Å². The normalized spacial score (nSPS) is 19.1. The molecule has 1 aliphatic heterocycles. The molecule has 1 saturated heterocycles. The third kappa shape index (κ3) is 4.04. The van der Waals surface area contributed by atoms with Crippen LogP contribution >= 0.6 is 0 Å². The van der Waals surface area contributed by atoms with E-state index in [0.717, 1.165) is 18.7 Å². The topological polar surface area (TPSA) is 58.6 Å². The molecule has 114 valence electrons. The van der Waals surface area contributed by atoms with Gasteiger partial charge in [-0.25, -0.2) is 0 Å². The van der Waals surface area contributed by atoms with Gasteiger partial charge in [-0.15, -0.1) is 0 Å². The number of ether oxygens (including phenoxy) is 1. The summed E-state index contributed by atoms with van der Waals surface area (Å²) in [4.78, 5) is 25.9. The Balaban J connectivity index is 1.98. The minimum atomic E-state index is -0.474. The van der Waals surface area contributed by atoms with E-state index >= 15 is 0 Å². The first kappa shape index (κ1) is 15.5. The van der Waals surface area contributed by atoms with Gasteiger partial charge in [-0.05, 0) is 30.7 Å². The molecule has 5 nitrogen and oxygen atoms in total. The van der Waals surface area contributed by atoms with Gasteiger partial charge in [-0.1, -0.05) is 26.0 Å². The zero-order valence-electron chi connectivity index (χ0n) is 12.6. The van der Waals surface area contributed by atoms with Crippen LogP contribution in [0.4, 0.5) is 5.69 Å². The highest BCUT2D eigenvalue weighted by molar-refractivity contribution is 5.94. The first-order chi connectivity index (χ1) is 10.1. The summed E-state index contributed by atoms with van der Waals surface area (Å²) in [6.07, 6.45) is 1.05. The van der Waals surface area contributed by atoms with Gasteiger partial charge in [0.05, 0.1) is 6.42 Å². The van der Waals surface area contributed by atoms with Crippen LogP contribution in [0.1, 0.15) is 25.8 Å². The zero-order chi connectivity index (χ0) is 15.2. The summed E-state index contributed by atoms with van der Waals surface area (Å²) in [5.74, 6) is -0.467. The second kappa shape index (κ2) is 7.22. The van der Waals surface area contributed by atoms with Crippen molar-refractivity contribution in [2.75, 3.05) is 25.0 Å². The molecule has 0 radical (unpaired) electrons. The van der Waals surface area contributed by atoms with E-state index in [0.29, 0.717) is 13.2 Å². The molecule has 0 aliphatic carbocycles. The van der Waals surface area contributed by atoms with E-state index in [4.69, 9.17) is 4.74 Å². The number of anilines is 1. The van der Waals surface area contributed by atoms with Crippen LogP contribution in [0.2, 0.25) is 0 Å². The van der Waals surface area contributed by atoms with Crippen molar-refractivity contribution >= 4 is 17.6 Å². The predicted molar refractivity (Wildman–Crippen MR) is 81.1 cm³/mol. The standard InChI is InChI=1S/C16H22N2O3/c1-3-12-6-5-7-13(10-12)17-15(19)11-14-16(20)21-9-8-18(14)4-2/h5-7,10,14H,3-4,8-9,11H2,1-2H3,(H,17,19). The number of carbonyl (C=O) groups is 2. The lowest BCUT2D eigenvalue weighted by Crippen LogP contribution is -2.50. The number of aryl methyl sites for hydroxylation is 1. The molecule has 1 aliphatic rings. The van der Waals surface area contributed by atoms with Gasteiger partial charge >= 0.3 is 5.97 Å². The van der Waals surface area contributed by atoms with Crippen molar-refractivity contribution in [2.45, 2.75) is 32.7 Å². The number of hydrogen-bond acceptors (Lipinski definition) is 4. The van der Waals surface area contributed by atoms with Crippen LogP contribution in [0.5, 0.6) is 0 Å². The summed E-state index contributed by atoms with van der Waals surface area (Å²) in [5.41, 5.74) is 1.94. The maximum absolute atomic E-state index is 12.1. The summed E-state index contributed by atoms with van der Waals surface area (Å²) >= 11 is 0. The van der Waals surface area contributed by atoms with Gasteiger partial charge in [0.1, 0.15) is 12.6 Å². The summed E-state index contributed by atoms with van der Waals surface area (Å²) < 4.78 is 5.05. The Morgan fingerprint density at radius 1 is 1.43 bits per heavy atom. The van der Waals surface area contributed by atoms with Crippen molar-refractivity contribution in [3.8, 4) is 0 Å². The van der Waals surface area contributed by atoms with Crippen LogP contribution < -0.4 is 5.32 Å². The molecule has 1 aromatic rings. The van der Waals surface area contributed by atoms with E-state index in [2.05, 4.69) is 12.2 Å². The van der Waals surface area contributed by atoms with Gasteiger partial charge in [-0.2, -0.15) is 0 Å². The van der Waals surface area contributed by atoms with Crippen LogP contribution in [-0.4, -0.2) is 42.5 Å². The van der Waals surface area contributed by atoms with Gasteiger partial charge < -0.3 is 10.1 Å². The highest BCUT2D eigenvalue weighted by Crippen LogP contribution is 2.15. The van der Waals surface area contributed by atoms with Crippen LogP contribution in [0.3, 0.4) is 0 Å². The third-order valence-corrected chi connectivity index (χ3v) is 3.74. The molecule has 1 heterocycles. The fourth-order valence-corrected chi connectivity index (χ4v) is 2.51. The van der Waals surface area contributed by atoms with E-state index < -0.39 is 6.04 Å². The number of morpholine rings is 1. The largest absolute Gasteiger partial charge is 0.463 e. The summed E-state index contributed by atoms with van der Waals surface area (Å²) in [7, 11) is 0. The SMILES string of the molecule is CCc1cccc(NC(=O)CC2C(=O)OCCN2CC)c1. The third-order valence-electron chi connectivity index (χ3n) is 3.74. The van der Waals surface area contributed by atoms with E-state index in [-0.39, 0.29) is 18.3 Å². The molecule has 1 atom stereocenters. The Bertz CT molecular complexity index is 516. The molecule has 0 bridgehead atoms. The minimum Gasteiger partial charge on any atom is -0.463 e. The highest BCUT2D eigenvalue weighted by atomic mass is 16.5. The molecule has 1 aromatic carbocycles. The molecule has 0 aromatic heterocycles. The van der Waals surface area contributed by atoms with Crippen LogP contribution in [-0.2, 0) is 20.7 Å². The van der Waals surface area contributed by atoms with Crippen molar-refractivity contribution in [3.05, 3.63) is 29.8 Å². The van der Waals surface area contributed by atoms with Crippen molar-refractivity contribution in [1.29, 1.82) is 0 Å². The average Bonchev–Trinajstić information content (AvgIpc) is 2.49. The van der Waals surface area contributed by atoms with E-state index in [1.165, 1.54) is 5.56 Å². The molecule has 1 amide bonds. The minimum absolute atomic E-state index is 0.128. The van der Waals surface area contributed by atoms with E-state index in [9.17, 15) is 9.59 Å². The van der Waals surface area contributed by atoms with E-state index in [1.807, 2.05) is 36.1 Å². The van der Waals surface area contributed by atoms with Crippen molar-refractivity contribution in [1.82, 2.24) is 4.90 Å². The second-order valence-electron chi connectivity index (χ2n) is 5.12. The van der Waals surface area contributed by atoms with Crippen LogP contribution in [0.15, 0.2) is 24.3 Å². The molecular weight excluding hydrogens is 268 g/mol. The molecule has 0 spiro atoms. The van der Waals surface area contributed by atoms with Gasteiger partial charge in [0, 0.05) is 12.2 Å². The number of amides is 1. The number of rotatable bonds is 5. The molecule has 1 N–H and O–H groups in total. The van der Waals surface area contributed by atoms with Crippen molar-refractivity contribution in [2.24, 2.45) is 0 Å². The number of benzene rings is 1. The van der Waals surface area contributed by atoms with Crippen LogP contribution in [0.25, 0.3) is 0 Å². The maximum atomic E-state index is 12.1. The number of nitrogens with zero attached hydrogens (tertiary/aromatic N) is 1. The Labute approximate surface area is 125 Å². The Morgan fingerprint density at radius 3 is 2.95 bits per heavy atom. The number of esters is 1. The first-order valence-electron chi connectivity index (χ1n) is 7.43. The first-order valence-corrected chi connectivity index (χ1v) is 7.43. The Hall–Kier alpha value is -1.88. The number of likely N-dealkylation sites (N-methyl/N-ethyl adjacent to an activating group) is 1. The summed E-state index contributed by atoms with van der Waals surface area (Å²) in [6, 6.07) is 7.27. The molecule has 1 unspecified atom stereocenters. The van der Waals surface area contributed by atoms with Gasteiger partial charge in [-0.3, -0.25) is 14.5 Å². The number of cyclic esters (lactones) is 1. The molecular formula is C16H22N2O3. The number of nitrogens with one attached hydrogen (secondary N) is 1. The molecule has 1 fully saturated rings. The van der Waals surface area contributed by atoms with Crippen molar-refractivity contribution < 1.29 is 14.3 Å². The number of hydrogen-bond donors (Lipinski definition) is 1. The summed E-state index contributed by atoms with van der Waals surface area (Å²) in [6.45, 7) is 5.87. The average molecular weight is 290 g/mol. The smallest absolute Gasteiger partial charge is 0.323 e. The molecule has 21 heavy (non-hydrogen) atoms. The fraction of sp³-hybridized carbons (Fsp3) is 0.500. The quantitative estimate of drug-likeness (QED) is 0.841. The van der Waals surface area contributed by atoms with E-state index in [1.54, 1.807) is 0 Å². The maximum Gasteiger partial charge on any atom is 0.323 e. The summed E-state index contributed by atoms with van der Waals surface area (Å²) in [5, 5.41) is 2.86. The monoisotopic (exact) mass is 290 g/mol. The Kier molecular flexibility index (Phi) is 5.33. The molecule has 2 rings (SSSR count). The Morgan fingerprint density at radius 2 is 2.24 bits per heavy atom. The lowest BCUT2D eigenvalue weighted by Gasteiger charge is -2.32. The molecule has 0 saturated carbocycles. The highest BCUT2D eigenvalue weighted by Gasteiger charge is 2.32. The van der Waals surface area contributed by atoms with Gasteiger partial charge in [0.2, 0.25) is 5.91 Å². The number of carbonyl (C=O) groups excluding carboxylic acids is 2. The molecule has 5 heteroatoms. The predicted octanol–water partition coefficient (Wildman–Crippen LogP) is 1.82. The lowest BCUT2D eigenvalue weighted by molar-refractivity contribution is -0.158. The van der Waals surface area contributed by atoms with Crippen LogP contribution in [0, 0.1) is 0 Å². The van der Waals surface area contributed by atoms with Gasteiger partial charge in [0.25, 0.3) is 0 Å². The van der Waals surface area contributed by atoms with Crippen molar-refractivity contribution in [3.63, 3.8) is 0 Å². The zero-order valence-corrected chi connectivity index (χ0v) is 12.6. The second-order valence-corrected chi connectivity index (χ2v) is 5.12. The lowest BCUT2D eigenvalue weighted by atomic mass is 10.1.